The van der Waals surface area contributed by atoms with Crippen molar-refractivity contribution in [2.24, 2.45) is 7.05 Å². The van der Waals surface area contributed by atoms with Crippen LogP contribution in [-0.4, -0.2) is 61.4 Å². The predicted octanol–water partition coefficient (Wildman–Crippen LogP) is 2.42. The largest absolute Gasteiger partial charge is 0.339 e. The number of hydrogen-bond donors (Lipinski definition) is 1. The molecule has 4 aromatic rings. The molecule has 1 N–H and O–H groups in total. The fourth-order valence-electron chi connectivity index (χ4n) is 3.16. The van der Waals surface area contributed by atoms with E-state index in [9.17, 15) is 14.0 Å². The summed E-state index contributed by atoms with van der Waals surface area (Å²) in [6.07, 6.45) is 2.99. The molecule has 158 valence electrons. The predicted molar refractivity (Wildman–Crippen MR) is 113 cm³/mol. The molecule has 9 nitrogen and oxygen atoms in total. The second kappa shape index (κ2) is 8.34. The fourth-order valence-corrected chi connectivity index (χ4v) is 3.16. The standard InChI is InChI=1S/C21H20FN7O2/c1-27(11-9-22)21(31)16-13-23-28(2)18(16)20(30)24-15-8-10-29-17(12-15)25-19(26-29)14-6-4-3-5-7-14/h3-8,10,12-13H,9,11H2,1-2H3,(H,24,30). The molecule has 0 atom stereocenters. The van der Waals surface area contributed by atoms with Gasteiger partial charge in [-0.1, -0.05) is 30.3 Å². The van der Waals surface area contributed by atoms with E-state index >= 15 is 0 Å². The van der Waals surface area contributed by atoms with Crippen molar-refractivity contribution in [1.29, 1.82) is 0 Å². The zero-order valence-electron chi connectivity index (χ0n) is 17.0. The van der Waals surface area contributed by atoms with Crippen molar-refractivity contribution in [2.75, 3.05) is 25.6 Å². The van der Waals surface area contributed by atoms with Gasteiger partial charge < -0.3 is 10.2 Å². The zero-order valence-corrected chi connectivity index (χ0v) is 17.0. The summed E-state index contributed by atoms with van der Waals surface area (Å²) in [7, 11) is 3.04. The van der Waals surface area contributed by atoms with Crippen molar-refractivity contribution < 1.29 is 14.0 Å². The quantitative estimate of drug-likeness (QED) is 0.516. The minimum atomic E-state index is -0.673. The van der Waals surface area contributed by atoms with Gasteiger partial charge in [0.05, 0.1) is 11.8 Å². The van der Waals surface area contributed by atoms with Gasteiger partial charge in [0.15, 0.2) is 11.5 Å². The molecule has 3 aromatic heterocycles. The summed E-state index contributed by atoms with van der Waals surface area (Å²) in [5.41, 5.74) is 2.11. The average Bonchev–Trinajstić information content (AvgIpc) is 3.37. The molecule has 0 unspecified atom stereocenters. The molecule has 3 heterocycles. The van der Waals surface area contributed by atoms with E-state index in [1.54, 1.807) is 29.9 Å². The van der Waals surface area contributed by atoms with E-state index in [0.717, 1.165) is 5.56 Å². The Bertz CT molecular complexity index is 1250. The van der Waals surface area contributed by atoms with Crippen LogP contribution >= 0.6 is 0 Å². The Morgan fingerprint density at radius 2 is 1.97 bits per heavy atom. The number of halogens is 1. The van der Waals surface area contributed by atoms with Gasteiger partial charge in [-0.3, -0.25) is 14.3 Å². The molecular weight excluding hydrogens is 401 g/mol. The normalized spacial score (nSPS) is 10.9. The van der Waals surface area contributed by atoms with Crippen molar-refractivity contribution in [1.82, 2.24) is 29.3 Å². The topological polar surface area (TPSA) is 97.4 Å². The number of amides is 2. The maximum absolute atomic E-state index is 12.9. The molecule has 2 amide bonds. The van der Waals surface area contributed by atoms with E-state index in [0.29, 0.717) is 17.2 Å². The van der Waals surface area contributed by atoms with Gasteiger partial charge in [-0.15, -0.1) is 5.10 Å². The first-order valence-corrected chi connectivity index (χ1v) is 9.54. The summed E-state index contributed by atoms with van der Waals surface area (Å²) in [5.74, 6) is -0.417. The lowest BCUT2D eigenvalue weighted by molar-refractivity contribution is 0.0780. The minimum absolute atomic E-state index is 0.0674. The Hall–Kier alpha value is -4.08. The van der Waals surface area contributed by atoms with Crippen molar-refractivity contribution in [3.05, 3.63) is 66.1 Å². The highest BCUT2D eigenvalue weighted by Crippen LogP contribution is 2.19. The van der Waals surface area contributed by atoms with Crippen LogP contribution in [0.1, 0.15) is 20.8 Å². The molecule has 0 saturated carbocycles. The van der Waals surface area contributed by atoms with Crippen LogP contribution in [0.25, 0.3) is 17.0 Å². The Morgan fingerprint density at radius 1 is 1.19 bits per heavy atom. The number of benzene rings is 1. The van der Waals surface area contributed by atoms with E-state index in [2.05, 4.69) is 20.5 Å². The summed E-state index contributed by atoms with van der Waals surface area (Å²) in [6.45, 7) is -0.741. The molecule has 10 heteroatoms. The molecule has 0 aliphatic heterocycles. The highest BCUT2D eigenvalue weighted by atomic mass is 19.1. The van der Waals surface area contributed by atoms with Crippen LogP contribution in [0, 0.1) is 0 Å². The van der Waals surface area contributed by atoms with Gasteiger partial charge in [-0.2, -0.15) is 5.10 Å². The molecular formula is C21H20FN7O2. The van der Waals surface area contributed by atoms with Crippen LogP contribution in [0.4, 0.5) is 10.1 Å². The summed E-state index contributed by atoms with van der Waals surface area (Å²) < 4.78 is 15.5. The maximum atomic E-state index is 12.9. The van der Waals surface area contributed by atoms with Crippen LogP contribution in [0.5, 0.6) is 0 Å². The first kappa shape index (κ1) is 20.2. The number of anilines is 1. The molecule has 0 aliphatic rings. The van der Waals surface area contributed by atoms with Gasteiger partial charge in [0.2, 0.25) is 0 Å². The average molecular weight is 421 g/mol. The number of alkyl halides is 1. The van der Waals surface area contributed by atoms with Crippen LogP contribution in [0.3, 0.4) is 0 Å². The van der Waals surface area contributed by atoms with Gasteiger partial charge in [0, 0.05) is 44.2 Å². The number of pyridine rings is 1. The van der Waals surface area contributed by atoms with E-state index < -0.39 is 18.5 Å². The number of fused-ring (bicyclic) bond motifs is 1. The van der Waals surface area contributed by atoms with Crippen LogP contribution in [0.15, 0.2) is 54.9 Å². The zero-order chi connectivity index (χ0) is 22.0. The van der Waals surface area contributed by atoms with Gasteiger partial charge in [-0.05, 0) is 6.07 Å². The molecule has 4 rings (SSSR count). The third-order valence-corrected chi connectivity index (χ3v) is 4.78. The number of hydrogen-bond acceptors (Lipinski definition) is 5. The lowest BCUT2D eigenvalue weighted by atomic mass is 10.2. The van der Waals surface area contributed by atoms with E-state index in [1.165, 1.54) is 22.8 Å². The van der Waals surface area contributed by atoms with Crippen LogP contribution in [-0.2, 0) is 7.05 Å². The fraction of sp³-hybridized carbons (Fsp3) is 0.190. The first-order valence-electron chi connectivity index (χ1n) is 9.54. The van der Waals surface area contributed by atoms with Gasteiger partial charge in [0.1, 0.15) is 12.4 Å². The smallest absolute Gasteiger partial charge is 0.274 e. The molecule has 0 saturated heterocycles. The third-order valence-electron chi connectivity index (χ3n) is 4.78. The molecule has 1 aromatic carbocycles. The van der Waals surface area contributed by atoms with Crippen molar-refractivity contribution in [2.45, 2.75) is 0 Å². The van der Waals surface area contributed by atoms with Gasteiger partial charge >= 0.3 is 0 Å². The summed E-state index contributed by atoms with van der Waals surface area (Å²) >= 11 is 0. The third kappa shape index (κ3) is 4.00. The molecule has 0 fully saturated rings. The van der Waals surface area contributed by atoms with E-state index in [-0.39, 0.29) is 17.8 Å². The van der Waals surface area contributed by atoms with E-state index in [4.69, 9.17) is 0 Å². The Balaban J connectivity index is 1.59. The van der Waals surface area contributed by atoms with Crippen molar-refractivity contribution in [3.63, 3.8) is 0 Å². The van der Waals surface area contributed by atoms with Crippen LogP contribution < -0.4 is 5.32 Å². The number of carbonyl (C=O) groups is 2. The van der Waals surface area contributed by atoms with Gasteiger partial charge in [-0.25, -0.2) is 13.9 Å². The monoisotopic (exact) mass is 421 g/mol. The van der Waals surface area contributed by atoms with Crippen molar-refractivity contribution in [3.8, 4) is 11.4 Å². The number of nitrogens with zero attached hydrogens (tertiary/aromatic N) is 6. The number of carbonyl (C=O) groups excluding carboxylic acids is 2. The highest BCUT2D eigenvalue weighted by Gasteiger charge is 2.24. The minimum Gasteiger partial charge on any atom is -0.339 e. The number of aryl methyl sites for hydroxylation is 1. The Kier molecular flexibility index (Phi) is 5.44. The SMILES string of the molecule is CN(CCF)C(=O)c1cnn(C)c1C(=O)Nc1ccn2nc(-c3ccccc3)nc2c1. The number of rotatable bonds is 6. The van der Waals surface area contributed by atoms with E-state index in [1.807, 2.05) is 30.3 Å². The molecule has 0 spiro atoms. The molecule has 31 heavy (non-hydrogen) atoms. The Labute approximate surface area is 177 Å². The second-order valence-corrected chi connectivity index (χ2v) is 6.92. The summed E-state index contributed by atoms with van der Waals surface area (Å²) in [4.78, 5) is 31.2. The lowest BCUT2D eigenvalue weighted by Gasteiger charge is -2.15. The van der Waals surface area contributed by atoms with Gasteiger partial charge in [0.25, 0.3) is 11.8 Å². The molecule has 0 aliphatic carbocycles. The van der Waals surface area contributed by atoms with Crippen LogP contribution in [0.2, 0.25) is 0 Å². The number of nitrogens with one attached hydrogen (secondary N) is 1. The second-order valence-electron chi connectivity index (χ2n) is 6.92. The number of aromatic nitrogens is 5. The Morgan fingerprint density at radius 3 is 2.71 bits per heavy atom. The van der Waals surface area contributed by atoms with Crippen molar-refractivity contribution >= 4 is 23.1 Å². The lowest BCUT2D eigenvalue weighted by Crippen LogP contribution is -2.30. The highest BCUT2D eigenvalue weighted by molar-refractivity contribution is 6.11. The summed E-state index contributed by atoms with van der Waals surface area (Å²) in [6, 6.07) is 12.9. The maximum Gasteiger partial charge on any atom is 0.274 e. The molecule has 0 bridgehead atoms. The first-order chi connectivity index (χ1) is 15.0. The summed E-state index contributed by atoms with van der Waals surface area (Å²) in [5, 5.41) is 11.2. The molecule has 0 radical (unpaired) electrons.